The molecule has 0 radical (unpaired) electrons. The molecule has 0 spiro atoms. The average Bonchev–Trinajstić information content (AvgIpc) is 2.14. The van der Waals surface area contributed by atoms with Crippen LogP contribution in [0.25, 0.3) is 0 Å². The molecule has 0 aromatic heterocycles. The molecule has 1 heterocycles. The van der Waals surface area contributed by atoms with Gasteiger partial charge in [-0.05, 0) is 27.4 Å². The molecule has 4 heteroatoms. The van der Waals surface area contributed by atoms with Gasteiger partial charge in [0.15, 0.2) is 6.29 Å². The molecule has 1 aliphatic rings. The zero-order valence-corrected chi connectivity index (χ0v) is 9.77. The first-order chi connectivity index (χ1) is 6.52. The van der Waals surface area contributed by atoms with Gasteiger partial charge in [0.25, 0.3) is 0 Å². The van der Waals surface area contributed by atoms with Gasteiger partial charge in [0.2, 0.25) is 0 Å². The number of likely N-dealkylation sites (N-methyl/N-ethyl adjacent to an activating group) is 1. The maximum absolute atomic E-state index is 9.51. The molecule has 0 aromatic rings. The SMILES string of the molecule is CC.C[C@@H]1C[C@H](N(C)C)[C@@H](O)C(O)O1. The Morgan fingerprint density at radius 3 is 2.14 bits per heavy atom. The smallest absolute Gasteiger partial charge is 0.182 e. The highest BCUT2D eigenvalue weighted by atomic mass is 16.6. The van der Waals surface area contributed by atoms with E-state index in [-0.39, 0.29) is 12.1 Å². The van der Waals surface area contributed by atoms with Gasteiger partial charge in [0.1, 0.15) is 6.10 Å². The van der Waals surface area contributed by atoms with Crippen LogP contribution in [-0.4, -0.2) is 53.7 Å². The molecule has 1 rings (SSSR count). The minimum absolute atomic E-state index is 0.01000. The third-order valence-electron chi connectivity index (χ3n) is 2.29. The molecule has 0 amide bonds. The summed E-state index contributed by atoms with van der Waals surface area (Å²) in [6, 6.07) is -0.0104. The van der Waals surface area contributed by atoms with E-state index in [9.17, 15) is 10.2 Å². The van der Waals surface area contributed by atoms with Gasteiger partial charge in [-0.3, -0.25) is 0 Å². The Morgan fingerprint density at radius 2 is 1.71 bits per heavy atom. The fourth-order valence-corrected chi connectivity index (χ4v) is 1.56. The largest absolute Gasteiger partial charge is 0.386 e. The second-order valence-electron chi connectivity index (χ2n) is 3.59. The quantitative estimate of drug-likeness (QED) is 0.652. The first kappa shape index (κ1) is 13.8. The Bertz CT molecular complexity index is 152. The topological polar surface area (TPSA) is 52.9 Å². The molecule has 1 aliphatic heterocycles. The highest BCUT2D eigenvalue weighted by Crippen LogP contribution is 2.21. The minimum Gasteiger partial charge on any atom is -0.386 e. The van der Waals surface area contributed by atoms with E-state index in [4.69, 9.17) is 4.74 Å². The predicted octanol–water partition coefficient (Wildman–Crippen LogP) is 0.431. The van der Waals surface area contributed by atoms with Crippen molar-refractivity contribution in [2.45, 2.75) is 51.7 Å². The van der Waals surface area contributed by atoms with Crippen molar-refractivity contribution in [3.8, 4) is 0 Å². The van der Waals surface area contributed by atoms with Crippen LogP contribution in [0.2, 0.25) is 0 Å². The van der Waals surface area contributed by atoms with E-state index >= 15 is 0 Å². The summed E-state index contributed by atoms with van der Waals surface area (Å²) >= 11 is 0. The van der Waals surface area contributed by atoms with Crippen LogP contribution in [0.3, 0.4) is 0 Å². The van der Waals surface area contributed by atoms with E-state index in [1.165, 1.54) is 0 Å². The summed E-state index contributed by atoms with van der Waals surface area (Å²) in [6.07, 6.45) is -1.07. The third-order valence-corrected chi connectivity index (χ3v) is 2.29. The highest BCUT2D eigenvalue weighted by Gasteiger charge is 2.35. The Kier molecular flexibility index (Phi) is 6.27. The monoisotopic (exact) mass is 205 g/mol. The molecule has 0 bridgehead atoms. The van der Waals surface area contributed by atoms with Crippen molar-refractivity contribution in [1.29, 1.82) is 0 Å². The summed E-state index contributed by atoms with van der Waals surface area (Å²) in [5, 5.41) is 18.8. The molecule has 1 saturated heterocycles. The van der Waals surface area contributed by atoms with E-state index in [2.05, 4.69) is 0 Å². The number of hydrogen-bond donors (Lipinski definition) is 2. The Labute approximate surface area is 86.5 Å². The van der Waals surface area contributed by atoms with Gasteiger partial charge in [-0.25, -0.2) is 0 Å². The van der Waals surface area contributed by atoms with Crippen molar-refractivity contribution >= 4 is 0 Å². The number of aliphatic hydroxyl groups is 2. The zero-order valence-electron chi connectivity index (χ0n) is 9.77. The molecule has 2 N–H and O–H groups in total. The minimum atomic E-state index is -1.04. The Balaban J connectivity index is 0.000000791. The Hall–Kier alpha value is -0.160. The van der Waals surface area contributed by atoms with Crippen LogP contribution in [0, 0.1) is 0 Å². The van der Waals surface area contributed by atoms with Crippen molar-refractivity contribution in [3.05, 3.63) is 0 Å². The van der Waals surface area contributed by atoms with Crippen molar-refractivity contribution in [1.82, 2.24) is 4.90 Å². The molecule has 0 aromatic carbocycles. The lowest BCUT2D eigenvalue weighted by molar-refractivity contribution is -0.230. The standard InChI is InChI=1S/C8H17NO3.C2H6/c1-5-4-6(9(2)3)7(10)8(11)12-5;1-2/h5-8,10-11H,4H2,1-3H3;1-2H3/t5-,6+,7-,8?;/m1./s1. The summed E-state index contributed by atoms with van der Waals surface area (Å²) in [4.78, 5) is 1.91. The van der Waals surface area contributed by atoms with Gasteiger partial charge in [-0.2, -0.15) is 0 Å². The molecular formula is C10H23NO3. The van der Waals surface area contributed by atoms with Crippen LogP contribution >= 0.6 is 0 Å². The van der Waals surface area contributed by atoms with Crippen molar-refractivity contribution in [3.63, 3.8) is 0 Å². The molecule has 1 fully saturated rings. The first-order valence-electron chi connectivity index (χ1n) is 5.20. The van der Waals surface area contributed by atoms with Crippen LogP contribution in [0.4, 0.5) is 0 Å². The summed E-state index contributed by atoms with van der Waals surface area (Å²) in [6.45, 7) is 5.89. The molecule has 0 aliphatic carbocycles. The normalized spacial score (nSPS) is 37.7. The number of nitrogens with zero attached hydrogens (tertiary/aromatic N) is 1. The summed E-state index contributed by atoms with van der Waals surface area (Å²) in [5.41, 5.74) is 0. The Morgan fingerprint density at radius 1 is 1.21 bits per heavy atom. The van der Waals surface area contributed by atoms with E-state index in [0.717, 1.165) is 6.42 Å². The number of rotatable bonds is 1. The zero-order chi connectivity index (χ0) is 11.3. The molecule has 86 valence electrons. The van der Waals surface area contributed by atoms with Gasteiger partial charge in [0.05, 0.1) is 6.10 Å². The fraction of sp³-hybridized carbons (Fsp3) is 1.00. The van der Waals surface area contributed by atoms with E-state index in [1.807, 2.05) is 39.8 Å². The first-order valence-corrected chi connectivity index (χ1v) is 5.20. The van der Waals surface area contributed by atoms with Gasteiger partial charge < -0.3 is 19.8 Å². The number of hydrogen-bond acceptors (Lipinski definition) is 4. The average molecular weight is 205 g/mol. The lowest BCUT2D eigenvalue weighted by Gasteiger charge is -2.38. The van der Waals surface area contributed by atoms with Crippen molar-refractivity contribution in [2.24, 2.45) is 0 Å². The van der Waals surface area contributed by atoms with E-state index < -0.39 is 12.4 Å². The van der Waals surface area contributed by atoms with E-state index in [1.54, 1.807) is 0 Å². The number of ether oxygens (including phenoxy) is 1. The second kappa shape index (κ2) is 6.35. The predicted molar refractivity (Wildman–Crippen MR) is 56.0 cm³/mol. The lowest BCUT2D eigenvalue weighted by Crippen LogP contribution is -2.53. The second-order valence-corrected chi connectivity index (χ2v) is 3.59. The summed E-state index contributed by atoms with van der Waals surface area (Å²) in [7, 11) is 3.78. The molecule has 4 atom stereocenters. The molecule has 0 saturated carbocycles. The van der Waals surface area contributed by atoms with Crippen molar-refractivity contribution in [2.75, 3.05) is 14.1 Å². The van der Waals surface area contributed by atoms with Crippen LogP contribution in [0.5, 0.6) is 0 Å². The van der Waals surface area contributed by atoms with Gasteiger partial charge in [-0.1, -0.05) is 13.8 Å². The van der Waals surface area contributed by atoms with Crippen LogP contribution in [0.15, 0.2) is 0 Å². The van der Waals surface area contributed by atoms with Crippen molar-refractivity contribution < 1.29 is 14.9 Å². The summed E-state index contributed by atoms with van der Waals surface area (Å²) < 4.78 is 5.06. The van der Waals surface area contributed by atoms with Gasteiger partial charge in [0, 0.05) is 6.04 Å². The van der Waals surface area contributed by atoms with Crippen LogP contribution < -0.4 is 0 Å². The third kappa shape index (κ3) is 3.53. The maximum Gasteiger partial charge on any atom is 0.182 e. The molecular weight excluding hydrogens is 182 g/mol. The molecule has 4 nitrogen and oxygen atoms in total. The number of aliphatic hydroxyl groups excluding tert-OH is 2. The highest BCUT2D eigenvalue weighted by molar-refractivity contribution is 4.84. The van der Waals surface area contributed by atoms with Gasteiger partial charge in [-0.15, -0.1) is 0 Å². The maximum atomic E-state index is 9.51. The summed E-state index contributed by atoms with van der Waals surface area (Å²) in [5.74, 6) is 0. The van der Waals surface area contributed by atoms with E-state index in [0.29, 0.717) is 0 Å². The van der Waals surface area contributed by atoms with Crippen LogP contribution in [-0.2, 0) is 4.74 Å². The van der Waals surface area contributed by atoms with Crippen LogP contribution in [0.1, 0.15) is 27.2 Å². The molecule has 14 heavy (non-hydrogen) atoms. The van der Waals surface area contributed by atoms with Gasteiger partial charge >= 0.3 is 0 Å². The lowest BCUT2D eigenvalue weighted by atomic mass is 9.99. The molecule has 1 unspecified atom stereocenters. The fourth-order valence-electron chi connectivity index (χ4n) is 1.56.